The van der Waals surface area contributed by atoms with Crippen LogP contribution in [0.1, 0.15) is 71.5 Å². The molecule has 3 heterocycles. The van der Waals surface area contributed by atoms with Crippen LogP contribution in [0.5, 0.6) is 5.75 Å². The molecular formula is C29H32ClFN4O6. The predicted molar refractivity (Wildman–Crippen MR) is 146 cm³/mol. The molecule has 2 aromatic rings. The minimum Gasteiger partial charge on any atom is -0.502 e. The number of ether oxygens (including phenoxy) is 1. The Labute approximate surface area is 240 Å². The van der Waals surface area contributed by atoms with Crippen LogP contribution < -0.4 is 11.3 Å². The molecule has 1 spiro atoms. The maximum Gasteiger partial charge on any atom is 0.322 e. The number of amides is 2. The average Bonchev–Trinajstić information content (AvgIpc) is 3.29. The van der Waals surface area contributed by atoms with Crippen molar-refractivity contribution in [1.29, 1.82) is 0 Å². The van der Waals surface area contributed by atoms with E-state index in [2.05, 4.69) is 0 Å². The number of esters is 1. The molecule has 2 aliphatic heterocycles. The summed E-state index contributed by atoms with van der Waals surface area (Å²) >= 11 is 5.92. The van der Waals surface area contributed by atoms with Gasteiger partial charge in [0.1, 0.15) is 29.3 Å². The molecule has 0 saturated heterocycles. The number of pyridine rings is 1. The van der Waals surface area contributed by atoms with Crippen molar-refractivity contribution in [3.8, 4) is 5.75 Å². The van der Waals surface area contributed by atoms with Gasteiger partial charge in [0.25, 0.3) is 17.4 Å². The number of rotatable bonds is 6. The third-order valence-electron chi connectivity index (χ3n) is 9.27. The lowest BCUT2D eigenvalue weighted by atomic mass is 9.72. The fourth-order valence-corrected chi connectivity index (χ4v) is 7.48. The van der Waals surface area contributed by atoms with E-state index in [0.29, 0.717) is 23.5 Å². The van der Waals surface area contributed by atoms with Crippen LogP contribution in [-0.4, -0.2) is 62.5 Å². The number of carbonyl (C=O) groups is 3. The maximum absolute atomic E-state index is 14.2. The zero-order valence-electron chi connectivity index (χ0n) is 22.9. The van der Waals surface area contributed by atoms with Gasteiger partial charge >= 0.3 is 5.97 Å². The third-order valence-corrected chi connectivity index (χ3v) is 9.56. The molecule has 41 heavy (non-hydrogen) atoms. The smallest absolute Gasteiger partial charge is 0.322 e. The van der Waals surface area contributed by atoms with Gasteiger partial charge in [0.05, 0.1) is 17.1 Å². The van der Waals surface area contributed by atoms with Crippen molar-refractivity contribution in [3.63, 3.8) is 0 Å². The van der Waals surface area contributed by atoms with E-state index in [4.69, 9.17) is 22.1 Å². The highest BCUT2D eigenvalue weighted by Gasteiger charge is 2.63. The molecule has 2 aliphatic carbocycles. The van der Waals surface area contributed by atoms with Crippen molar-refractivity contribution < 1.29 is 28.6 Å². The maximum atomic E-state index is 14.2. The summed E-state index contributed by atoms with van der Waals surface area (Å²) in [6.07, 6.45) is 2.70. The number of nitrogens with two attached hydrogens (primary N) is 1. The fraction of sp³-hybridized carbons (Fsp3) is 0.517. The first-order chi connectivity index (χ1) is 19.5. The molecule has 3 N–H and O–H groups in total. The highest BCUT2D eigenvalue weighted by molar-refractivity contribution is 6.30. The second-order valence-corrected chi connectivity index (χ2v) is 12.1. The van der Waals surface area contributed by atoms with Crippen LogP contribution in [0.4, 0.5) is 4.39 Å². The van der Waals surface area contributed by atoms with Gasteiger partial charge in [-0.1, -0.05) is 17.7 Å². The van der Waals surface area contributed by atoms with Crippen LogP contribution in [-0.2, 0) is 28.2 Å². The van der Waals surface area contributed by atoms with Gasteiger partial charge in [-0.05, 0) is 69.6 Å². The molecule has 1 aromatic carbocycles. The van der Waals surface area contributed by atoms with Gasteiger partial charge < -0.3 is 25.4 Å². The molecule has 2 amide bonds. The van der Waals surface area contributed by atoms with Crippen molar-refractivity contribution in [2.45, 2.75) is 70.3 Å². The Balaban J connectivity index is 1.41. The van der Waals surface area contributed by atoms with E-state index in [-0.39, 0.29) is 48.3 Å². The quantitative estimate of drug-likeness (QED) is 0.497. The fourth-order valence-electron chi connectivity index (χ4n) is 7.28. The van der Waals surface area contributed by atoms with E-state index in [0.717, 1.165) is 19.3 Å². The van der Waals surface area contributed by atoms with Gasteiger partial charge in [0.15, 0.2) is 5.75 Å². The number of fused-ring (bicyclic) bond motifs is 6. The Bertz CT molecular complexity index is 1540. The van der Waals surface area contributed by atoms with Crippen LogP contribution in [0.2, 0.25) is 5.02 Å². The predicted octanol–water partition coefficient (Wildman–Crippen LogP) is 2.75. The largest absolute Gasteiger partial charge is 0.502 e. The zero-order chi connectivity index (χ0) is 29.4. The van der Waals surface area contributed by atoms with Crippen LogP contribution in [0.15, 0.2) is 23.0 Å². The van der Waals surface area contributed by atoms with Crippen LogP contribution in [0, 0.1) is 17.7 Å². The number of aromatic hydroxyl groups is 1. The highest BCUT2D eigenvalue weighted by Crippen LogP contribution is 2.60. The molecule has 0 bridgehead atoms. The summed E-state index contributed by atoms with van der Waals surface area (Å²) in [5.41, 5.74) is 4.77. The molecule has 5 atom stereocenters. The summed E-state index contributed by atoms with van der Waals surface area (Å²) in [5.74, 6) is -2.50. The number of carbonyl (C=O) groups excluding carboxylic acids is 3. The molecule has 0 radical (unpaired) electrons. The van der Waals surface area contributed by atoms with Gasteiger partial charge in [0.2, 0.25) is 0 Å². The van der Waals surface area contributed by atoms with Gasteiger partial charge in [-0.15, -0.1) is 0 Å². The lowest BCUT2D eigenvalue weighted by molar-refractivity contribution is -0.151. The van der Waals surface area contributed by atoms with Crippen LogP contribution >= 0.6 is 11.6 Å². The van der Waals surface area contributed by atoms with E-state index in [1.807, 2.05) is 0 Å². The second kappa shape index (κ2) is 9.84. The summed E-state index contributed by atoms with van der Waals surface area (Å²) in [4.78, 5) is 57.0. The normalized spacial score (nSPS) is 26.0. The first-order valence-corrected chi connectivity index (χ1v) is 14.4. The standard InChI is InChI=1S/C29H32ClFN4O6/c1-14(41-28(40)15(2)32)12-34-26(38)23-18-8-10-33(13-16-3-6-21(31)20(30)11-16)25(37)22(18)24(36)27(39)35(23)29(34)9-7-17-4-5-19(17)29/h3,6,11,14-15,17,19,36H,4-5,7-10,12-13,32H2,1-2H3/t14-,15-,17+,19+,29+/m0/s1. The van der Waals surface area contributed by atoms with Crippen molar-refractivity contribution in [2.24, 2.45) is 17.6 Å². The Kier molecular flexibility index (Phi) is 6.65. The minimum absolute atomic E-state index is 0.0122. The van der Waals surface area contributed by atoms with Gasteiger partial charge in [-0.3, -0.25) is 23.7 Å². The van der Waals surface area contributed by atoms with E-state index in [9.17, 15) is 28.7 Å². The molecule has 0 unspecified atom stereocenters. The minimum atomic E-state index is -1.00. The third kappa shape index (κ3) is 4.07. The van der Waals surface area contributed by atoms with Crippen molar-refractivity contribution in [3.05, 3.63) is 61.8 Å². The van der Waals surface area contributed by atoms with Gasteiger partial charge in [-0.2, -0.15) is 0 Å². The molecule has 6 rings (SSSR count). The van der Waals surface area contributed by atoms with Gasteiger partial charge in [0, 0.05) is 24.6 Å². The number of hydrogen-bond acceptors (Lipinski definition) is 7. The Morgan fingerprint density at radius 1 is 1.22 bits per heavy atom. The first-order valence-electron chi connectivity index (χ1n) is 14.0. The van der Waals surface area contributed by atoms with Gasteiger partial charge in [-0.25, -0.2) is 4.39 Å². The molecule has 4 aliphatic rings. The lowest BCUT2D eigenvalue weighted by Gasteiger charge is -2.47. The number of benzene rings is 1. The molecule has 1 aromatic heterocycles. The molecule has 218 valence electrons. The first kappa shape index (κ1) is 27.7. The van der Waals surface area contributed by atoms with Crippen molar-refractivity contribution >= 4 is 29.4 Å². The second-order valence-electron chi connectivity index (χ2n) is 11.7. The summed E-state index contributed by atoms with van der Waals surface area (Å²) < 4.78 is 20.6. The Morgan fingerprint density at radius 2 is 1.98 bits per heavy atom. The number of aromatic nitrogens is 1. The van der Waals surface area contributed by atoms with Crippen molar-refractivity contribution in [1.82, 2.24) is 14.4 Å². The average molecular weight is 587 g/mol. The van der Waals surface area contributed by atoms with Crippen LogP contribution in [0.3, 0.4) is 0 Å². The summed E-state index contributed by atoms with van der Waals surface area (Å²) in [5, 5.41) is 11.2. The van der Waals surface area contributed by atoms with E-state index < -0.39 is 52.7 Å². The number of hydrogen-bond donors (Lipinski definition) is 2. The SMILES string of the molecule is C[C@H](N)C(=O)O[C@@H](C)CN1C(=O)c2c3c(c(O)c(=O)n2[C@@]12CC[C@H]1CC[C@H]12)C(=O)N(Cc1ccc(F)c(Cl)c1)CC3. The zero-order valence-corrected chi connectivity index (χ0v) is 23.6. The summed E-state index contributed by atoms with van der Waals surface area (Å²) in [6.45, 7) is 3.55. The number of nitrogens with zero attached hydrogens (tertiary/aromatic N) is 3. The van der Waals surface area contributed by atoms with Crippen molar-refractivity contribution in [2.75, 3.05) is 13.1 Å². The molecular weight excluding hydrogens is 555 g/mol. The molecule has 2 saturated carbocycles. The lowest BCUT2D eigenvalue weighted by Crippen LogP contribution is -2.57. The highest BCUT2D eigenvalue weighted by atomic mass is 35.5. The van der Waals surface area contributed by atoms with E-state index >= 15 is 0 Å². The molecule has 2 fully saturated rings. The van der Waals surface area contributed by atoms with Crippen LogP contribution in [0.25, 0.3) is 0 Å². The Hall–Kier alpha value is -3.44. The number of halogens is 2. The monoisotopic (exact) mass is 586 g/mol. The van der Waals surface area contributed by atoms with E-state index in [1.54, 1.807) is 11.8 Å². The summed E-state index contributed by atoms with van der Waals surface area (Å²) in [7, 11) is 0. The molecule has 12 heteroatoms. The van der Waals surface area contributed by atoms with E-state index in [1.165, 1.54) is 34.6 Å². The molecule has 10 nitrogen and oxygen atoms in total. The topological polar surface area (TPSA) is 135 Å². The summed E-state index contributed by atoms with van der Waals surface area (Å²) in [6, 6.07) is 3.33. The Morgan fingerprint density at radius 3 is 2.61 bits per heavy atom.